The number of aromatic hydroxyl groups is 1. The zero-order valence-corrected chi connectivity index (χ0v) is 16.0. The lowest BCUT2D eigenvalue weighted by atomic mass is 10.2. The highest BCUT2D eigenvalue weighted by molar-refractivity contribution is 6.30. The fourth-order valence-corrected chi connectivity index (χ4v) is 3.38. The Hall–Kier alpha value is -2.90. The molecule has 4 rings (SSSR count). The second-order valence-corrected chi connectivity index (χ2v) is 7.15. The molecule has 0 atom stereocenters. The van der Waals surface area contributed by atoms with E-state index in [9.17, 15) is 9.90 Å². The van der Waals surface area contributed by atoms with Crippen LogP contribution in [0.4, 0.5) is 0 Å². The summed E-state index contributed by atoms with van der Waals surface area (Å²) in [7, 11) is 0. The van der Waals surface area contributed by atoms with E-state index in [0.29, 0.717) is 18.1 Å². The molecule has 1 aromatic carbocycles. The Morgan fingerprint density at radius 2 is 1.86 bits per heavy atom. The summed E-state index contributed by atoms with van der Waals surface area (Å²) in [6, 6.07) is 11.0. The number of halogens is 1. The molecule has 3 heterocycles. The fraction of sp³-hybridized carbons (Fsp3) is 0.250. The average Bonchev–Trinajstić information content (AvgIpc) is 3.11. The van der Waals surface area contributed by atoms with Crippen molar-refractivity contribution in [3.05, 3.63) is 71.3 Å². The van der Waals surface area contributed by atoms with Crippen LogP contribution in [0, 0.1) is 0 Å². The average molecular weight is 398 g/mol. The van der Waals surface area contributed by atoms with Crippen molar-refractivity contribution in [1.29, 1.82) is 0 Å². The van der Waals surface area contributed by atoms with Crippen LogP contribution in [-0.4, -0.2) is 61.8 Å². The van der Waals surface area contributed by atoms with Gasteiger partial charge in [0, 0.05) is 50.1 Å². The van der Waals surface area contributed by atoms with Crippen molar-refractivity contribution in [2.24, 2.45) is 0 Å². The smallest absolute Gasteiger partial charge is 0.278 e. The van der Waals surface area contributed by atoms with E-state index >= 15 is 0 Å². The number of benzene rings is 1. The SMILES string of the molecule is O=C(c1nn(-c2ccc(Cl)cc2)cc1O)N1CCN(Cc2cccnc2)CC1. The Morgan fingerprint density at radius 3 is 2.54 bits per heavy atom. The van der Waals surface area contributed by atoms with Gasteiger partial charge in [0.2, 0.25) is 0 Å². The summed E-state index contributed by atoms with van der Waals surface area (Å²) in [5, 5.41) is 15.1. The van der Waals surface area contributed by atoms with Crippen molar-refractivity contribution in [2.75, 3.05) is 26.2 Å². The van der Waals surface area contributed by atoms with E-state index in [0.717, 1.165) is 30.9 Å². The first-order valence-corrected chi connectivity index (χ1v) is 9.43. The Bertz CT molecular complexity index is 950. The molecular formula is C20H20ClN5O2. The number of pyridine rings is 1. The van der Waals surface area contributed by atoms with Gasteiger partial charge < -0.3 is 10.0 Å². The van der Waals surface area contributed by atoms with E-state index in [1.807, 2.05) is 18.3 Å². The van der Waals surface area contributed by atoms with Crippen molar-refractivity contribution in [1.82, 2.24) is 24.6 Å². The number of rotatable bonds is 4. The summed E-state index contributed by atoms with van der Waals surface area (Å²) < 4.78 is 1.48. The summed E-state index contributed by atoms with van der Waals surface area (Å²) in [5.41, 5.74) is 1.94. The van der Waals surface area contributed by atoms with Crippen molar-refractivity contribution >= 4 is 17.5 Å². The minimum atomic E-state index is -0.258. The Labute approximate surface area is 167 Å². The molecule has 1 aliphatic rings. The predicted molar refractivity (Wildman–Crippen MR) is 106 cm³/mol. The lowest BCUT2D eigenvalue weighted by molar-refractivity contribution is 0.0619. The van der Waals surface area contributed by atoms with E-state index in [1.165, 1.54) is 10.9 Å². The van der Waals surface area contributed by atoms with Gasteiger partial charge in [-0.25, -0.2) is 4.68 Å². The molecule has 0 bridgehead atoms. The maximum atomic E-state index is 12.8. The normalized spacial score (nSPS) is 15.0. The molecule has 0 radical (unpaired) electrons. The molecule has 2 aromatic heterocycles. The molecule has 1 amide bonds. The largest absolute Gasteiger partial charge is 0.504 e. The maximum Gasteiger partial charge on any atom is 0.278 e. The van der Waals surface area contributed by atoms with E-state index in [4.69, 9.17) is 11.6 Å². The van der Waals surface area contributed by atoms with E-state index in [-0.39, 0.29) is 17.4 Å². The van der Waals surface area contributed by atoms with Crippen LogP contribution in [0.25, 0.3) is 5.69 Å². The molecule has 3 aromatic rings. The lowest BCUT2D eigenvalue weighted by Crippen LogP contribution is -2.48. The van der Waals surface area contributed by atoms with Gasteiger partial charge in [0.25, 0.3) is 5.91 Å². The molecular weight excluding hydrogens is 378 g/mol. The van der Waals surface area contributed by atoms with Crippen LogP contribution < -0.4 is 0 Å². The van der Waals surface area contributed by atoms with Crippen LogP contribution in [0.2, 0.25) is 5.02 Å². The number of hydrogen-bond donors (Lipinski definition) is 1. The summed E-state index contributed by atoms with van der Waals surface area (Å²) in [4.78, 5) is 21.0. The first-order valence-electron chi connectivity index (χ1n) is 9.05. The second kappa shape index (κ2) is 8.00. The predicted octanol–water partition coefficient (Wildman–Crippen LogP) is 2.58. The first kappa shape index (κ1) is 18.5. The third kappa shape index (κ3) is 4.00. The van der Waals surface area contributed by atoms with Crippen LogP contribution in [0.5, 0.6) is 5.75 Å². The molecule has 8 heteroatoms. The Kier molecular flexibility index (Phi) is 5.27. The molecule has 0 aliphatic carbocycles. The third-order valence-corrected chi connectivity index (χ3v) is 5.03. The molecule has 1 fully saturated rings. The fourth-order valence-electron chi connectivity index (χ4n) is 3.25. The van der Waals surface area contributed by atoms with Crippen LogP contribution >= 0.6 is 11.6 Å². The number of aromatic nitrogens is 3. The molecule has 1 N–H and O–H groups in total. The maximum absolute atomic E-state index is 12.8. The minimum Gasteiger partial charge on any atom is -0.504 e. The number of carbonyl (C=O) groups excluding carboxylic acids is 1. The Morgan fingerprint density at radius 1 is 1.11 bits per heavy atom. The highest BCUT2D eigenvalue weighted by Crippen LogP contribution is 2.21. The molecule has 0 unspecified atom stereocenters. The zero-order chi connectivity index (χ0) is 19.5. The van der Waals surface area contributed by atoms with E-state index < -0.39 is 0 Å². The molecule has 7 nitrogen and oxygen atoms in total. The van der Waals surface area contributed by atoms with Crippen LogP contribution in [0.3, 0.4) is 0 Å². The molecule has 0 saturated carbocycles. The van der Waals surface area contributed by atoms with Crippen molar-refractivity contribution in [3.8, 4) is 11.4 Å². The van der Waals surface area contributed by atoms with Crippen molar-refractivity contribution in [3.63, 3.8) is 0 Å². The van der Waals surface area contributed by atoms with Crippen LogP contribution in [0.15, 0.2) is 55.0 Å². The van der Waals surface area contributed by atoms with Crippen molar-refractivity contribution in [2.45, 2.75) is 6.54 Å². The number of hydrogen-bond acceptors (Lipinski definition) is 5. The van der Waals surface area contributed by atoms with Gasteiger partial charge in [-0.05, 0) is 35.9 Å². The van der Waals surface area contributed by atoms with Gasteiger partial charge in [-0.3, -0.25) is 14.7 Å². The second-order valence-electron chi connectivity index (χ2n) is 6.71. The molecule has 1 aliphatic heterocycles. The van der Waals surface area contributed by atoms with Gasteiger partial charge in [-0.2, -0.15) is 5.10 Å². The molecule has 144 valence electrons. The zero-order valence-electron chi connectivity index (χ0n) is 15.2. The van der Waals surface area contributed by atoms with E-state index in [2.05, 4.69) is 15.0 Å². The highest BCUT2D eigenvalue weighted by atomic mass is 35.5. The quantitative estimate of drug-likeness (QED) is 0.732. The van der Waals surface area contributed by atoms with Gasteiger partial charge in [-0.1, -0.05) is 17.7 Å². The standard InChI is InChI=1S/C20H20ClN5O2/c21-16-3-5-17(6-4-16)26-14-18(27)19(23-26)20(28)25-10-8-24(9-11-25)13-15-2-1-7-22-12-15/h1-7,12,14,27H,8-11,13H2. The number of nitrogens with zero attached hydrogens (tertiary/aromatic N) is 5. The summed E-state index contributed by atoms with van der Waals surface area (Å²) in [6.45, 7) is 3.52. The van der Waals surface area contributed by atoms with Gasteiger partial charge >= 0.3 is 0 Å². The van der Waals surface area contributed by atoms with Crippen LogP contribution in [0.1, 0.15) is 16.1 Å². The molecule has 0 spiro atoms. The third-order valence-electron chi connectivity index (χ3n) is 4.78. The lowest BCUT2D eigenvalue weighted by Gasteiger charge is -2.34. The van der Waals surface area contributed by atoms with Gasteiger partial charge in [0.15, 0.2) is 11.4 Å². The van der Waals surface area contributed by atoms with Gasteiger partial charge in [0.05, 0.1) is 11.9 Å². The number of carbonyl (C=O) groups is 1. The topological polar surface area (TPSA) is 74.5 Å². The number of amides is 1. The summed E-state index contributed by atoms with van der Waals surface area (Å²) in [5.74, 6) is -0.385. The minimum absolute atomic E-state index is 0.0654. The van der Waals surface area contributed by atoms with Crippen molar-refractivity contribution < 1.29 is 9.90 Å². The first-order chi connectivity index (χ1) is 13.6. The monoisotopic (exact) mass is 397 g/mol. The molecule has 1 saturated heterocycles. The van der Waals surface area contributed by atoms with Crippen LogP contribution in [-0.2, 0) is 6.54 Å². The Balaban J connectivity index is 1.41. The van der Waals surface area contributed by atoms with Gasteiger partial charge in [-0.15, -0.1) is 0 Å². The molecule has 28 heavy (non-hydrogen) atoms. The summed E-state index contributed by atoms with van der Waals surface area (Å²) >= 11 is 5.90. The number of piperazine rings is 1. The van der Waals surface area contributed by atoms with E-state index in [1.54, 1.807) is 35.4 Å². The van der Waals surface area contributed by atoms with Gasteiger partial charge in [0.1, 0.15) is 0 Å². The highest BCUT2D eigenvalue weighted by Gasteiger charge is 2.26. The summed E-state index contributed by atoms with van der Waals surface area (Å²) in [6.07, 6.45) is 5.06.